The van der Waals surface area contributed by atoms with Gasteiger partial charge in [0.1, 0.15) is 5.52 Å². The van der Waals surface area contributed by atoms with E-state index in [1.54, 1.807) is 0 Å². The molecule has 0 aliphatic carbocycles. The smallest absolute Gasteiger partial charge is 0.227 e. The summed E-state index contributed by atoms with van der Waals surface area (Å²) in [5.41, 5.74) is 5.19. The fourth-order valence-corrected chi connectivity index (χ4v) is 2.32. The minimum Gasteiger partial charge on any atom is -0.436 e. The normalized spacial score (nSPS) is 11.1. The molecule has 0 saturated heterocycles. The van der Waals surface area contributed by atoms with Crippen LogP contribution in [0, 0.1) is 13.8 Å². The summed E-state index contributed by atoms with van der Waals surface area (Å²) in [6, 6.07) is 12.1. The van der Waals surface area contributed by atoms with Crippen molar-refractivity contribution >= 4 is 27.0 Å². The largest absolute Gasteiger partial charge is 0.436 e. The van der Waals surface area contributed by atoms with Gasteiger partial charge < -0.3 is 4.42 Å². The van der Waals surface area contributed by atoms with Crippen LogP contribution in [0.15, 0.2) is 45.3 Å². The molecule has 0 spiro atoms. The Bertz CT molecular complexity index is 691. The Morgan fingerprint density at radius 2 is 1.83 bits per heavy atom. The molecule has 1 aromatic heterocycles. The van der Waals surface area contributed by atoms with Gasteiger partial charge in [0.05, 0.1) is 0 Å². The lowest BCUT2D eigenvalue weighted by Gasteiger charge is -1.96. The standard InChI is InChI=1S/C15H12BrNO/c1-9-6-13-14(7-10(9)2)18-15(17-13)11-4-3-5-12(16)8-11/h3-8H,1-2H3. The minimum atomic E-state index is 0.663. The molecule has 3 heteroatoms. The van der Waals surface area contributed by atoms with Gasteiger partial charge in [-0.2, -0.15) is 0 Å². The van der Waals surface area contributed by atoms with Gasteiger partial charge in [0, 0.05) is 10.0 Å². The van der Waals surface area contributed by atoms with Gasteiger partial charge >= 0.3 is 0 Å². The van der Waals surface area contributed by atoms with Crippen molar-refractivity contribution in [2.24, 2.45) is 0 Å². The second kappa shape index (κ2) is 4.25. The van der Waals surface area contributed by atoms with Gasteiger partial charge in [-0.15, -0.1) is 0 Å². The van der Waals surface area contributed by atoms with Gasteiger partial charge in [-0.3, -0.25) is 0 Å². The first-order valence-electron chi connectivity index (χ1n) is 5.77. The first-order valence-corrected chi connectivity index (χ1v) is 6.56. The van der Waals surface area contributed by atoms with Crippen molar-refractivity contribution < 1.29 is 4.42 Å². The third kappa shape index (κ3) is 1.95. The molecule has 18 heavy (non-hydrogen) atoms. The van der Waals surface area contributed by atoms with E-state index in [4.69, 9.17) is 4.42 Å². The van der Waals surface area contributed by atoms with Crippen LogP contribution in [0.3, 0.4) is 0 Å². The molecular formula is C15H12BrNO. The molecule has 0 bridgehead atoms. The lowest BCUT2D eigenvalue weighted by atomic mass is 10.1. The van der Waals surface area contributed by atoms with Gasteiger partial charge in [-0.25, -0.2) is 4.98 Å². The highest BCUT2D eigenvalue weighted by atomic mass is 79.9. The van der Waals surface area contributed by atoms with E-state index in [0.29, 0.717) is 5.89 Å². The molecule has 0 N–H and O–H groups in total. The second-order valence-corrected chi connectivity index (χ2v) is 5.35. The summed E-state index contributed by atoms with van der Waals surface area (Å²) < 4.78 is 6.84. The second-order valence-electron chi connectivity index (χ2n) is 4.43. The topological polar surface area (TPSA) is 26.0 Å². The molecule has 0 atom stereocenters. The van der Waals surface area contributed by atoms with Crippen LogP contribution in [0.25, 0.3) is 22.6 Å². The molecule has 0 unspecified atom stereocenters. The minimum absolute atomic E-state index is 0.663. The third-order valence-electron chi connectivity index (χ3n) is 3.08. The van der Waals surface area contributed by atoms with Crippen LogP contribution in [0.4, 0.5) is 0 Å². The molecule has 90 valence electrons. The van der Waals surface area contributed by atoms with Crippen molar-refractivity contribution in [2.45, 2.75) is 13.8 Å². The lowest BCUT2D eigenvalue weighted by molar-refractivity contribution is 0.619. The van der Waals surface area contributed by atoms with E-state index >= 15 is 0 Å². The number of benzene rings is 2. The van der Waals surface area contributed by atoms with Crippen molar-refractivity contribution in [1.29, 1.82) is 0 Å². The van der Waals surface area contributed by atoms with Crippen LogP contribution in [-0.4, -0.2) is 4.98 Å². The molecule has 2 nitrogen and oxygen atoms in total. The molecule has 0 aliphatic heterocycles. The maximum absolute atomic E-state index is 5.81. The molecule has 0 saturated carbocycles. The van der Waals surface area contributed by atoms with Crippen molar-refractivity contribution in [2.75, 3.05) is 0 Å². The molecular weight excluding hydrogens is 290 g/mol. The van der Waals surface area contributed by atoms with E-state index in [2.05, 4.69) is 40.8 Å². The SMILES string of the molecule is Cc1cc2nc(-c3cccc(Br)c3)oc2cc1C. The van der Waals surface area contributed by atoms with Crippen LogP contribution in [0.1, 0.15) is 11.1 Å². The zero-order chi connectivity index (χ0) is 12.7. The van der Waals surface area contributed by atoms with E-state index in [0.717, 1.165) is 21.1 Å². The van der Waals surface area contributed by atoms with E-state index in [9.17, 15) is 0 Å². The molecule has 0 radical (unpaired) electrons. The molecule has 0 aliphatic rings. The summed E-state index contributed by atoms with van der Waals surface area (Å²) >= 11 is 3.46. The third-order valence-corrected chi connectivity index (χ3v) is 3.57. The summed E-state index contributed by atoms with van der Waals surface area (Å²) in [6.45, 7) is 4.16. The molecule has 0 fully saturated rings. The van der Waals surface area contributed by atoms with Gasteiger partial charge in [0.2, 0.25) is 5.89 Å². The van der Waals surface area contributed by atoms with Crippen molar-refractivity contribution in [3.05, 3.63) is 52.0 Å². The van der Waals surface area contributed by atoms with E-state index < -0.39 is 0 Å². The van der Waals surface area contributed by atoms with Crippen LogP contribution < -0.4 is 0 Å². The van der Waals surface area contributed by atoms with Gasteiger partial charge in [-0.05, 0) is 55.3 Å². The van der Waals surface area contributed by atoms with Crippen LogP contribution >= 0.6 is 15.9 Å². The van der Waals surface area contributed by atoms with Crippen LogP contribution in [0.5, 0.6) is 0 Å². The fraction of sp³-hybridized carbons (Fsp3) is 0.133. The maximum Gasteiger partial charge on any atom is 0.227 e. The maximum atomic E-state index is 5.81. The predicted octanol–water partition coefficient (Wildman–Crippen LogP) is 4.87. The monoisotopic (exact) mass is 301 g/mol. The quantitative estimate of drug-likeness (QED) is 0.640. The summed E-state index contributed by atoms with van der Waals surface area (Å²) in [7, 11) is 0. The van der Waals surface area contributed by atoms with Crippen molar-refractivity contribution in [1.82, 2.24) is 4.98 Å². The Labute approximate surface area is 114 Å². The highest BCUT2D eigenvalue weighted by Crippen LogP contribution is 2.27. The summed E-state index contributed by atoms with van der Waals surface area (Å²) in [6.07, 6.45) is 0. The Morgan fingerprint density at radius 1 is 1.06 bits per heavy atom. The number of oxazole rings is 1. The highest BCUT2D eigenvalue weighted by molar-refractivity contribution is 9.10. The van der Waals surface area contributed by atoms with Crippen LogP contribution in [0.2, 0.25) is 0 Å². The molecule has 3 aromatic rings. The van der Waals surface area contributed by atoms with Crippen molar-refractivity contribution in [3.63, 3.8) is 0 Å². The zero-order valence-corrected chi connectivity index (χ0v) is 11.8. The number of hydrogen-bond acceptors (Lipinski definition) is 2. The van der Waals surface area contributed by atoms with Gasteiger partial charge in [0.15, 0.2) is 5.58 Å². The first kappa shape index (κ1) is 11.5. The number of halogens is 1. The number of hydrogen-bond donors (Lipinski definition) is 0. The summed E-state index contributed by atoms with van der Waals surface area (Å²) in [4.78, 5) is 4.54. The lowest BCUT2D eigenvalue weighted by Crippen LogP contribution is -1.79. The number of fused-ring (bicyclic) bond motifs is 1. The number of nitrogens with zero attached hydrogens (tertiary/aromatic N) is 1. The summed E-state index contributed by atoms with van der Waals surface area (Å²) in [5, 5.41) is 0. The van der Waals surface area contributed by atoms with Gasteiger partial charge in [-0.1, -0.05) is 22.0 Å². The van der Waals surface area contributed by atoms with E-state index in [1.165, 1.54) is 11.1 Å². The summed E-state index contributed by atoms with van der Waals surface area (Å²) in [5.74, 6) is 0.663. The average Bonchev–Trinajstić information content (AvgIpc) is 2.73. The molecule has 2 aromatic carbocycles. The Balaban J connectivity index is 2.19. The fourth-order valence-electron chi connectivity index (χ4n) is 1.92. The Hall–Kier alpha value is -1.61. The number of aryl methyl sites for hydroxylation is 2. The zero-order valence-electron chi connectivity index (χ0n) is 10.2. The number of rotatable bonds is 1. The van der Waals surface area contributed by atoms with E-state index in [1.807, 2.05) is 30.3 Å². The average molecular weight is 302 g/mol. The van der Waals surface area contributed by atoms with Crippen LogP contribution in [-0.2, 0) is 0 Å². The molecule has 1 heterocycles. The number of aromatic nitrogens is 1. The van der Waals surface area contributed by atoms with Gasteiger partial charge in [0.25, 0.3) is 0 Å². The molecule has 0 amide bonds. The molecule has 3 rings (SSSR count). The Morgan fingerprint density at radius 3 is 2.61 bits per heavy atom. The van der Waals surface area contributed by atoms with Crippen molar-refractivity contribution in [3.8, 4) is 11.5 Å². The predicted molar refractivity (Wildman–Crippen MR) is 76.6 cm³/mol. The first-order chi connectivity index (χ1) is 8.63. The van der Waals surface area contributed by atoms with E-state index in [-0.39, 0.29) is 0 Å². The highest BCUT2D eigenvalue weighted by Gasteiger charge is 2.09. The Kier molecular flexibility index (Phi) is 2.71.